The molecule has 1 aliphatic rings. The van der Waals surface area contributed by atoms with E-state index >= 15 is 0 Å². The molecule has 9 heteroatoms. The van der Waals surface area contributed by atoms with Crippen LogP contribution in [0.5, 0.6) is 5.88 Å². The van der Waals surface area contributed by atoms with Crippen LogP contribution >= 0.6 is 0 Å². The van der Waals surface area contributed by atoms with Gasteiger partial charge in [-0.1, -0.05) is 18.2 Å². The molecule has 37 heavy (non-hydrogen) atoms. The number of piperidine rings is 1. The Labute approximate surface area is 214 Å². The zero-order valence-electron chi connectivity index (χ0n) is 20.7. The third-order valence-electron chi connectivity index (χ3n) is 7.08. The van der Waals surface area contributed by atoms with Gasteiger partial charge in [-0.15, -0.1) is 0 Å². The second-order valence-electron chi connectivity index (χ2n) is 9.48. The normalized spacial score (nSPS) is 16.8. The highest BCUT2D eigenvalue weighted by atomic mass is 19.4. The van der Waals surface area contributed by atoms with Crippen molar-refractivity contribution in [3.05, 3.63) is 89.4 Å². The number of halogens is 3. The Hall–Kier alpha value is -3.46. The number of aryl methyl sites for hydroxylation is 1. The first-order chi connectivity index (χ1) is 17.7. The number of benzene rings is 1. The van der Waals surface area contributed by atoms with Crippen LogP contribution < -0.4 is 10.5 Å². The highest BCUT2D eigenvalue weighted by Gasteiger charge is 2.33. The second kappa shape index (κ2) is 11.7. The number of alkyl halides is 3. The smallest absolute Gasteiger partial charge is 0.416 e. The van der Waals surface area contributed by atoms with Gasteiger partial charge in [-0.2, -0.15) is 13.2 Å². The Balaban J connectivity index is 1.41. The Morgan fingerprint density at radius 3 is 2.46 bits per heavy atom. The molecule has 1 amide bonds. The number of nitrogens with two attached hydrogens (primary N) is 1. The molecule has 1 fully saturated rings. The minimum atomic E-state index is -4.38. The van der Waals surface area contributed by atoms with Gasteiger partial charge in [0.05, 0.1) is 5.56 Å². The van der Waals surface area contributed by atoms with E-state index in [1.165, 1.54) is 12.1 Å². The highest BCUT2D eigenvalue weighted by Crippen LogP contribution is 2.37. The van der Waals surface area contributed by atoms with Crippen molar-refractivity contribution in [2.75, 3.05) is 13.1 Å². The minimum Gasteiger partial charge on any atom is -0.469 e. The van der Waals surface area contributed by atoms with Crippen LogP contribution in [0.1, 0.15) is 59.3 Å². The van der Waals surface area contributed by atoms with Crippen LogP contribution in [0.4, 0.5) is 13.2 Å². The van der Waals surface area contributed by atoms with Gasteiger partial charge in [0.2, 0.25) is 11.8 Å². The van der Waals surface area contributed by atoms with Crippen LogP contribution in [0, 0.1) is 5.92 Å². The van der Waals surface area contributed by atoms with E-state index in [-0.39, 0.29) is 12.0 Å². The molecule has 1 aliphatic heterocycles. The van der Waals surface area contributed by atoms with Gasteiger partial charge >= 0.3 is 6.18 Å². The lowest BCUT2D eigenvalue weighted by Gasteiger charge is -2.39. The molecule has 2 N–H and O–H groups in total. The van der Waals surface area contributed by atoms with Crippen molar-refractivity contribution in [1.82, 2.24) is 14.9 Å². The summed E-state index contributed by atoms with van der Waals surface area (Å²) in [6, 6.07) is 12.5. The van der Waals surface area contributed by atoms with E-state index in [1.54, 1.807) is 36.8 Å². The van der Waals surface area contributed by atoms with E-state index in [0.29, 0.717) is 23.4 Å². The molecule has 0 bridgehead atoms. The molecule has 196 valence electrons. The Morgan fingerprint density at radius 1 is 1.11 bits per heavy atom. The summed E-state index contributed by atoms with van der Waals surface area (Å²) in [6.07, 6.45) is 3.34. The summed E-state index contributed by atoms with van der Waals surface area (Å²) in [5.41, 5.74) is 6.88. The number of hydrogen-bond acceptors (Lipinski definition) is 5. The summed E-state index contributed by atoms with van der Waals surface area (Å²) in [5, 5.41) is 0. The molecular weight excluding hydrogens is 481 g/mol. The van der Waals surface area contributed by atoms with E-state index < -0.39 is 23.8 Å². The van der Waals surface area contributed by atoms with Gasteiger partial charge in [-0.05, 0) is 81.1 Å². The van der Waals surface area contributed by atoms with E-state index in [0.717, 1.165) is 50.0 Å². The maximum Gasteiger partial charge on any atom is 0.416 e. The number of rotatable bonds is 9. The first-order valence-corrected chi connectivity index (χ1v) is 12.4. The molecule has 0 radical (unpaired) electrons. The number of pyridine rings is 2. The molecule has 3 heterocycles. The van der Waals surface area contributed by atoms with E-state index in [2.05, 4.69) is 21.8 Å². The van der Waals surface area contributed by atoms with Gasteiger partial charge in [0, 0.05) is 42.2 Å². The lowest BCUT2D eigenvalue weighted by Crippen LogP contribution is -2.42. The molecular formula is C28H31F3N4O2. The molecule has 1 aromatic carbocycles. The zero-order valence-corrected chi connectivity index (χ0v) is 20.7. The van der Waals surface area contributed by atoms with Crippen LogP contribution in [-0.4, -0.2) is 39.9 Å². The van der Waals surface area contributed by atoms with Crippen molar-refractivity contribution in [3.63, 3.8) is 0 Å². The van der Waals surface area contributed by atoms with E-state index in [9.17, 15) is 18.0 Å². The van der Waals surface area contributed by atoms with Crippen LogP contribution in [0.15, 0.2) is 67.1 Å². The summed E-state index contributed by atoms with van der Waals surface area (Å²) >= 11 is 0. The fourth-order valence-electron chi connectivity index (χ4n) is 4.92. The van der Waals surface area contributed by atoms with Gasteiger partial charge in [-0.3, -0.25) is 9.78 Å². The number of amides is 1. The van der Waals surface area contributed by atoms with Crippen molar-refractivity contribution in [2.24, 2.45) is 11.7 Å². The van der Waals surface area contributed by atoms with Gasteiger partial charge in [0.15, 0.2) is 0 Å². The average molecular weight is 513 g/mol. The SMILES string of the molecule is CC(CCc1cnccc1C(N)=O)N1CCC(C(Oc2ccccn2)c2ccc(C(F)(F)F)cc2)CC1. The predicted molar refractivity (Wildman–Crippen MR) is 134 cm³/mol. The lowest BCUT2D eigenvalue weighted by molar-refractivity contribution is -0.137. The first kappa shape index (κ1) is 26.6. The van der Waals surface area contributed by atoms with Crippen LogP contribution in [0.3, 0.4) is 0 Å². The summed E-state index contributed by atoms with van der Waals surface area (Å²) in [5.74, 6) is 0.125. The number of hydrogen-bond donors (Lipinski definition) is 1. The third-order valence-corrected chi connectivity index (χ3v) is 7.08. The maximum absolute atomic E-state index is 13.1. The highest BCUT2D eigenvalue weighted by molar-refractivity contribution is 5.94. The zero-order chi connectivity index (χ0) is 26.4. The topological polar surface area (TPSA) is 81.3 Å². The Morgan fingerprint density at radius 2 is 1.84 bits per heavy atom. The monoisotopic (exact) mass is 512 g/mol. The average Bonchev–Trinajstić information content (AvgIpc) is 2.91. The van der Waals surface area contributed by atoms with Gasteiger partial charge in [0.25, 0.3) is 0 Å². The molecule has 3 aromatic rings. The quantitative estimate of drug-likeness (QED) is 0.413. The molecule has 2 atom stereocenters. The van der Waals surface area contributed by atoms with Crippen molar-refractivity contribution >= 4 is 5.91 Å². The van der Waals surface area contributed by atoms with E-state index in [1.807, 2.05) is 6.07 Å². The van der Waals surface area contributed by atoms with Crippen molar-refractivity contribution in [1.29, 1.82) is 0 Å². The standard InChI is InChI=1S/C28H31F3N4O2/c1-19(5-6-22-18-33-15-11-24(22)27(32)36)35-16-12-21(13-17-35)26(37-25-4-2-3-14-34-25)20-7-9-23(10-8-20)28(29,30)31/h2-4,7-11,14-15,18-19,21,26H,5-6,12-13,16-17H2,1H3,(H2,32,36). The number of likely N-dealkylation sites (tertiary alicyclic amines) is 1. The van der Waals surface area contributed by atoms with Crippen molar-refractivity contribution in [3.8, 4) is 5.88 Å². The van der Waals surface area contributed by atoms with Crippen LogP contribution in [0.2, 0.25) is 0 Å². The lowest BCUT2D eigenvalue weighted by atomic mass is 9.86. The summed E-state index contributed by atoms with van der Waals surface area (Å²) < 4.78 is 45.5. The molecule has 6 nitrogen and oxygen atoms in total. The third kappa shape index (κ3) is 6.85. The molecule has 0 saturated carbocycles. The van der Waals surface area contributed by atoms with Crippen LogP contribution in [0.25, 0.3) is 0 Å². The van der Waals surface area contributed by atoms with Gasteiger partial charge < -0.3 is 15.4 Å². The van der Waals surface area contributed by atoms with Gasteiger partial charge in [-0.25, -0.2) is 4.98 Å². The number of nitrogens with zero attached hydrogens (tertiary/aromatic N) is 3. The van der Waals surface area contributed by atoms with Crippen molar-refractivity contribution in [2.45, 2.75) is 50.9 Å². The Bertz CT molecular complexity index is 1160. The molecule has 0 aliphatic carbocycles. The number of aromatic nitrogens is 2. The number of carbonyl (C=O) groups excluding carboxylic acids is 1. The summed E-state index contributed by atoms with van der Waals surface area (Å²) in [4.78, 5) is 22.5. The molecule has 2 unspecified atom stereocenters. The first-order valence-electron chi connectivity index (χ1n) is 12.4. The summed E-state index contributed by atoms with van der Waals surface area (Å²) in [6.45, 7) is 3.84. The fraction of sp³-hybridized carbons (Fsp3) is 0.393. The number of primary amides is 1. The molecule has 2 aromatic heterocycles. The van der Waals surface area contributed by atoms with Crippen LogP contribution in [-0.2, 0) is 12.6 Å². The fourth-order valence-corrected chi connectivity index (χ4v) is 4.92. The molecule has 1 saturated heterocycles. The largest absolute Gasteiger partial charge is 0.469 e. The number of carbonyl (C=O) groups is 1. The minimum absolute atomic E-state index is 0.127. The predicted octanol–water partition coefficient (Wildman–Crippen LogP) is 5.45. The molecule has 4 rings (SSSR count). The Kier molecular flexibility index (Phi) is 8.43. The second-order valence-corrected chi connectivity index (χ2v) is 9.48. The van der Waals surface area contributed by atoms with Gasteiger partial charge in [0.1, 0.15) is 6.10 Å². The van der Waals surface area contributed by atoms with Crippen molar-refractivity contribution < 1.29 is 22.7 Å². The number of ether oxygens (including phenoxy) is 1. The maximum atomic E-state index is 13.1. The molecule has 0 spiro atoms. The van der Waals surface area contributed by atoms with E-state index in [4.69, 9.17) is 10.5 Å². The summed E-state index contributed by atoms with van der Waals surface area (Å²) in [7, 11) is 0.